The first kappa shape index (κ1) is 19.0. The van der Waals surface area contributed by atoms with Crippen LogP contribution in [-0.4, -0.2) is 8.07 Å². The average Bonchev–Trinajstić information content (AvgIpc) is 2.97. The molecule has 0 amide bonds. The number of hydrogen-bond donors (Lipinski definition) is 0. The Morgan fingerprint density at radius 1 is 1.15 bits per heavy atom. The Morgan fingerprint density at radius 2 is 1.93 bits per heavy atom. The minimum absolute atomic E-state index is 0.722. The highest BCUT2D eigenvalue weighted by molar-refractivity contribution is 6.79. The summed E-state index contributed by atoms with van der Waals surface area (Å²) in [6.45, 7) is 14.9. The predicted molar refractivity (Wildman–Crippen MR) is 123 cm³/mol. The van der Waals surface area contributed by atoms with E-state index in [-0.39, 0.29) is 0 Å². The van der Waals surface area contributed by atoms with Crippen molar-refractivity contribution in [3.8, 4) is 0 Å². The second-order valence-electron chi connectivity index (χ2n) is 10.3. The average molecular weight is 377 g/mol. The molecule has 2 aliphatic rings. The second kappa shape index (κ2) is 6.92. The molecular weight excluding hydrogens is 340 g/mol. The molecule has 2 aliphatic carbocycles. The summed E-state index contributed by atoms with van der Waals surface area (Å²) < 4.78 is 0. The molecule has 0 spiro atoms. The lowest BCUT2D eigenvalue weighted by Crippen LogP contribution is -2.39. The zero-order valence-corrected chi connectivity index (χ0v) is 19.0. The van der Waals surface area contributed by atoms with Gasteiger partial charge in [0, 0.05) is 0 Å². The van der Waals surface area contributed by atoms with E-state index in [1.165, 1.54) is 40.8 Å². The Bertz CT molecular complexity index is 875. The van der Waals surface area contributed by atoms with Crippen LogP contribution < -0.4 is 0 Å². The van der Waals surface area contributed by atoms with Crippen LogP contribution in [0.4, 0.5) is 0 Å². The lowest BCUT2D eigenvalue weighted by molar-refractivity contribution is 0.537. The third-order valence-electron chi connectivity index (χ3n) is 7.71. The van der Waals surface area contributed by atoms with Crippen molar-refractivity contribution in [3.63, 3.8) is 0 Å². The smallest absolute Gasteiger partial charge is 0.0516 e. The van der Waals surface area contributed by atoms with Crippen molar-refractivity contribution in [1.29, 1.82) is 0 Å². The van der Waals surface area contributed by atoms with Gasteiger partial charge in [-0.25, -0.2) is 0 Å². The van der Waals surface area contributed by atoms with Crippen LogP contribution in [0.15, 0.2) is 36.4 Å². The molecule has 5 atom stereocenters. The van der Waals surface area contributed by atoms with E-state index >= 15 is 0 Å². The zero-order chi connectivity index (χ0) is 19.3. The molecule has 0 saturated heterocycles. The minimum atomic E-state index is -1.27. The van der Waals surface area contributed by atoms with Crippen molar-refractivity contribution in [3.05, 3.63) is 53.1 Å². The van der Waals surface area contributed by atoms with Gasteiger partial charge in [0.2, 0.25) is 0 Å². The van der Waals surface area contributed by atoms with Crippen LogP contribution >= 0.6 is 0 Å². The molecule has 0 aromatic heterocycles. The Balaban J connectivity index is 1.76. The number of rotatable bonds is 4. The van der Waals surface area contributed by atoms with Gasteiger partial charge in [0.1, 0.15) is 0 Å². The van der Waals surface area contributed by atoms with Crippen molar-refractivity contribution in [2.24, 2.45) is 17.8 Å². The lowest BCUT2D eigenvalue weighted by Gasteiger charge is -2.39. The van der Waals surface area contributed by atoms with Gasteiger partial charge in [-0.15, -0.1) is 0 Å². The summed E-state index contributed by atoms with van der Waals surface area (Å²) in [5.41, 5.74) is 5.41. The quantitative estimate of drug-likeness (QED) is 0.474. The highest BCUT2D eigenvalue weighted by Gasteiger charge is 2.49. The molecule has 144 valence electrons. The van der Waals surface area contributed by atoms with Crippen molar-refractivity contribution in [2.75, 3.05) is 0 Å². The van der Waals surface area contributed by atoms with Gasteiger partial charge in [-0.3, -0.25) is 0 Å². The molecule has 5 unspecified atom stereocenters. The maximum Gasteiger partial charge on any atom is 0.0516 e. The van der Waals surface area contributed by atoms with Gasteiger partial charge in [-0.2, -0.15) is 0 Å². The topological polar surface area (TPSA) is 0 Å². The maximum absolute atomic E-state index is 2.68. The molecule has 0 nitrogen and oxygen atoms in total. The van der Waals surface area contributed by atoms with Crippen LogP contribution in [0.5, 0.6) is 0 Å². The fourth-order valence-electron chi connectivity index (χ4n) is 6.63. The second-order valence-corrected chi connectivity index (χ2v) is 15.3. The Hall–Kier alpha value is -1.34. The number of fused-ring (bicyclic) bond motifs is 5. The molecule has 0 radical (unpaired) electrons. The molecule has 2 aromatic rings. The minimum Gasteiger partial charge on any atom is -0.0802 e. The first-order valence-electron chi connectivity index (χ1n) is 11.0. The Kier molecular flexibility index (Phi) is 4.87. The molecule has 0 aliphatic heterocycles. The van der Waals surface area contributed by atoms with Crippen LogP contribution in [0, 0.1) is 24.7 Å². The Morgan fingerprint density at radius 3 is 2.67 bits per heavy atom. The third kappa shape index (κ3) is 3.22. The van der Waals surface area contributed by atoms with E-state index < -0.39 is 8.07 Å². The number of aryl methyl sites for hydroxylation is 1. The number of allylic oxidation sites excluding steroid dienone is 1. The molecular formula is C26H36Si. The van der Waals surface area contributed by atoms with E-state index in [0.717, 1.165) is 29.2 Å². The van der Waals surface area contributed by atoms with Crippen molar-refractivity contribution >= 4 is 24.9 Å². The summed E-state index contributed by atoms with van der Waals surface area (Å²) in [7, 11) is -1.27. The largest absolute Gasteiger partial charge is 0.0802 e. The normalized spacial score (nSPS) is 28.2. The Labute approximate surface area is 167 Å². The summed E-state index contributed by atoms with van der Waals surface area (Å²) in [6, 6.07) is 13.2. The first-order chi connectivity index (χ1) is 12.8. The van der Waals surface area contributed by atoms with Gasteiger partial charge in [0.05, 0.1) is 8.07 Å². The molecule has 2 aromatic carbocycles. The summed E-state index contributed by atoms with van der Waals surface area (Å²) in [5.74, 6) is 3.20. The zero-order valence-electron chi connectivity index (χ0n) is 18.0. The lowest BCUT2D eigenvalue weighted by atomic mass is 9.79. The highest BCUT2D eigenvalue weighted by atomic mass is 28.3. The van der Waals surface area contributed by atoms with Gasteiger partial charge in [0.15, 0.2) is 0 Å². The molecule has 1 heteroatoms. The van der Waals surface area contributed by atoms with Gasteiger partial charge in [-0.1, -0.05) is 94.4 Å². The standard InChI is InChI=1S/C26H36Si/c1-7-17(2)16-27(5,6)26-19(4)15-24-23(26)13-11-20-9-10-21-14-18(3)8-12-22(21)25(20)24/h8-14,17,19,23-24,26H,7,15-16H2,1-6H3. The molecule has 0 bridgehead atoms. The van der Waals surface area contributed by atoms with E-state index in [0.29, 0.717) is 0 Å². The number of benzene rings is 2. The molecule has 4 rings (SSSR count). The highest BCUT2D eigenvalue weighted by Crippen LogP contribution is 2.59. The SMILES string of the molecule is CCC(C)C[Si](C)(C)C1C(C)CC2c3c(ccc4cc(C)ccc34)C=CC21. The van der Waals surface area contributed by atoms with Crippen molar-refractivity contribution in [1.82, 2.24) is 0 Å². The predicted octanol–water partition coefficient (Wildman–Crippen LogP) is 8.04. The molecule has 1 saturated carbocycles. The van der Waals surface area contributed by atoms with Crippen molar-refractivity contribution < 1.29 is 0 Å². The number of hydrogen-bond acceptors (Lipinski definition) is 0. The van der Waals surface area contributed by atoms with Crippen LogP contribution in [0.2, 0.25) is 24.7 Å². The van der Waals surface area contributed by atoms with Gasteiger partial charge >= 0.3 is 0 Å². The summed E-state index contributed by atoms with van der Waals surface area (Å²) in [4.78, 5) is 0. The van der Waals surface area contributed by atoms with Crippen LogP contribution in [0.25, 0.3) is 16.8 Å². The summed E-state index contributed by atoms with van der Waals surface area (Å²) in [6.07, 6.45) is 7.76. The molecule has 27 heavy (non-hydrogen) atoms. The summed E-state index contributed by atoms with van der Waals surface area (Å²) in [5, 5.41) is 2.93. The monoisotopic (exact) mass is 376 g/mol. The van der Waals surface area contributed by atoms with Gasteiger partial charge in [0.25, 0.3) is 0 Å². The van der Waals surface area contributed by atoms with E-state index in [2.05, 4.69) is 83.3 Å². The fourth-order valence-corrected chi connectivity index (χ4v) is 12.1. The van der Waals surface area contributed by atoms with E-state index in [1.54, 1.807) is 5.56 Å². The van der Waals surface area contributed by atoms with Gasteiger partial charge < -0.3 is 0 Å². The van der Waals surface area contributed by atoms with Crippen LogP contribution in [0.3, 0.4) is 0 Å². The first-order valence-corrected chi connectivity index (χ1v) is 14.3. The fraction of sp³-hybridized carbons (Fsp3) is 0.538. The molecule has 0 N–H and O–H groups in total. The third-order valence-corrected chi connectivity index (χ3v) is 12.2. The summed E-state index contributed by atoms with van der Waals surface area (Å²) >= 11 is 0. The van der Waals surface area contributed by atoms with Crippen LogP contribution in [-0.2, 0) is 0 Å². The molecule has 1 fully saturated rings. The van der Waals surface area contributed by atoms with E-state index in [9.17, 15) is 0 Å². The van der Waals surface area contributed by atoms with Crippen molar-refractivity contribution in [2.45, 2.75) is 71.1 Å². The van der Waals surface area contributed by atoms with E-state index in [4.69, 9.17) is 0 Å². The van der Waals surface area contributed by atoms with E-state index in [1.807, 2.05) is 0 Å². The maximum atomic E-state index is 2.68. The molecule has 0 heterocycles. The van der Waals surface area contributed by atoms with Crippen LogP contribution in [0.1, 0.15) is 56.2 Å². The van der Waals surface area contributed by atoms with Gasteiger partial charge in [-0.05, 0) is 64.5 Å².